The van der Waals surface area contributed by atoms with Gasteiger partial charge in [0.15, 0.2) is 0 Å². The molecular formula is C21H26N2O4. The van der Waals surface area contributed by atoms with Crippen LogP contribution in [0.4, 0.5) is 0 Å². The molecule has 1 spiro atoms. The maximum atomic E-state index is 12.7. The lowest BCUT2D eigenvalue weighted by Gasteiger charge is -2.52. The maximum Gasteiger partial charge on any atom is 0.257 e. The molecule has 2 fully saturated rings. The Bertz CT molecular complexity index is 838. The van der Waals surface area contributed by atoms with Crippen LogP contribution in [-0.4, -0.2) is 47.2 Å². The summed E-state index contributed by atoms with van der Waals surface area (Å²) in [5, 5.41) is 0. The van der Waals surface area contributed by atoms with Gasteiger partial charge in [-0.2, -0.15) is 0 Å². The van der Waals surface area contributed by atoms with E-state index in [1.165, 1.54) is 0 Å². The van der Waals surface area contributed by atoms with Crippen LogP contribution in [0.5, 0.6) is 0 Å². The van der Waals surface area contributed by atoms with Gasteiger partial charge in [-0.1, -0.05) is 6.07 Å². The van der Waals surface area contributed by atoms with Gasteiger partial charge in [-0.3, -0.25) is 9.78 Å². The zero-order chi connectivity index (χ0) is 19.0. The van der Waals surface area contributed by atoms with Gasteiger partial charge in [0, 0.05) is 18.7 Å². The summed E-state index contributed by atoms with van der Waals surface area (Å²) < 4.78 is 17.6. The second-order valence-electron chi connectivity index (χ2n) is 7.72. The lowest BCUT2D eigenvalue weighted by molar-refractivity contribution is -0.188. The van der Waals surface area contributed by atoms with Gasteiger partial charge in [0.05, 0.1) is 37.1 Å². The van der Waals surface area contributed by atoms with E-state index in [1.54, 1.807) is 0 Å². The van der Waals surface area contributed by atoms with Crippen LogP contribution in [0, 0.1) is 20.8 Å². The predicted molar refractivity (Wildman–Crippen MR) is 99.6 cm³/mol. The van der Waals surface area contributed by atoms with Crippen LogP contribution < -0.4 is 0 Å². The largest absolute Gasteiger partial charge is 0.466 e. The minimum atomic E-state index is -0.273. The van der Waals surface area contributed by atoms with Crippen molar-refractivity contribution >= 4 is 5.91 Å². The fourth-order valence-corrected chi connectivity index (χ4v) is 4.04. The van der Waals surface area contributed by atoms with Crippen molar-refractivity contribution in [3.05, 3.63) is 52.7 Å². The first-order chi connectivity index (χ1) is 12.9. The smallest absolute Gasteiger partial charge is 0.257 e. The van der Waals surface area contributed by atoms with E-state index >= 15 is 0 Å². The number of carbonyl (C=O) groups is 1. The summed E-state index contributed by atoms with van der Waals surface area (Å²) in [6.07, 6.45) is 1.82. The number of likely N-dealkylation sites (tertiary alicyclic amines) is 1. The number of carbonyl (C=O) groups excluding carboxylic acids is 1. The third-order valence-corrected chi connectivity index (χ3v) is 5.38. The molecule has 2 aliphatic heterocycles. The number of furan rings is 1. The summed E-state index contributed by atoms with van der Waals surface area (Å²) in [6.45, 7) is 8.06. The standard InChI is InChI=1S/C21H26N2O4/c1-14-5-4-6-17(22-14)11-25-18-7-8-26-21(10-18)12-23(13-21)20(24)19-9-15(2)27-16(19)3/h4-6,9,18H,7-8,10-13H2,1-3H3. The van der Waals surface area contributed by atoms with E-state index in [2.05, 4.69) is 4.98 Å². The molecule has 0 aromatic carbocycles. The van der Waals surface area contributed by atoms with Gasteiger partial charge in [-0.15, -0.1) is 0 Å². The molecule has 2 aliphatic rings. The molecule has 6 heteroatoms. The van der Waals surface area contributed by atoms with Crippen LogP contribution in [0.15, 0.2) is 28.7 Å². The van der Waals surface area contributed by atoms with Gasteiger partial charge in [-0.05, 0) is 45.4 Å². The molecule has 4 heterocycles. The fraction of sp³-hybridized carbons (Fsp3) is 0.524. The van der Waals surface area contributed by atoms with Crippen molar-refractivity contribution in [2.45, 2.75) is 51.9 Å². The molecule has 0 radical (unpaired) electrons. The van der Waals surface area contributed by atoms with E-state index < -0.39 is 0 Å². The molecule has 2 saturated heterocycles. The molecule has 0 bridgehead atoms. The Hall–Kier alpha value is -2.18. The first-order valence-corrected chi connectivity index (χ1v) is 9.48. The Morgan fingerprint density at radius 3 is 2.85 bits per heavy atom. The minimum absolute atomic E-state index is 0.0191. The normalized spacial score (nSPS) is 21.3. The van der Waals surface area contributed by atoms with E-state index in [0.29, 0.717) is 37.6 Å². The van der Waals surface area contributed by atoms with Crippen molar-refractivity contribution in [1.29, 1.82) is 0 Å². The Labute approximate surface area is 159 Å². The number of aryl methyl sites for hydroxylation is 3. The number of nitrogens with zero attached hydrogens (tertiary/aromatic N) is 2. The van der Waals surface area contributed by atoms with Gasteiger partial charge in [0.25, 0.3) is 5.91 Å². The Balaban J connectivity index is 1.32. The molecular weight excluding hydrogens is 344 g/mol. The SMILES string of the molecule is Cc1cccc(COC2CCOC3(C2)CN(C(=O)c2cc(C)oc2C)C3)n1. The molecule has 2 aromatic rings. The van der Waals surface area contributed by atoms with Crippen molar-refractivity contribution in [2.24, 2.45) is 0 Å². The minimum Gasteiger partial charge on any atom is -0.466 e. The number of rotatable bonds is 4. The highest BCUT2D eigenvalue weighted by Gasteiger charge is 2.50. The Morgan fingerprint density at radius 1 is 1.33 bits per heavy atom. The predicted octanol–water partition coefficient (Wildman–Crippen LogP) is 3.19. The zero-order valence-electron chi connectivity index (χ0n) is 16.2. The van der Waals surface area contributed by atoms with Crippen molar-refractivity contribution in [2.75, 3.05) is 19.7 Å². The van der Waals surface area contributed by atoms with Crippen LogP contribution in [0.25, 0.3) is 0 Å². The molecule has 4 rings (SSSR count). The first kappa shape index (κ1) is 18.2. The van der Waals surface area contributed by atoms with E-state index in [-0.39, 0.29) is 17.6 Å². The topological polar surface area (TPSA) is 64.8 Å². The summed E-state index contributed by atoms with van der Waals surface area (Å²) in [4.78, 5) is 19.0. The molecule has 0 saturated carbocycles. The second-order valence-corrected chi connectivity index (χ2v) is 7.72. The maximum absolute atomic E-state index is 12.7. The highest BCUT2D eigenvalue weighted by molar-refractivity contribution is 5.96. The summed E-state index contributed by atoms with van der Waals surface area (Å²) >= 11 is 0. The summed E-state index contributed by atoms with van der Waals surface area (Å²) in [7, 11) is 0. The van der Waals surface area contributed by atoms with Crippen molar-refractivity contribution in [1.82, 2.24) is 9.88 Å². The third kappa shape index (κ3) is 3.77. The molecule has 1 unspecified atom stereocenters. The van der Waals surface area contributed by atoms with E-state index in [9.17, 15) is 4.79 Å². The zero-order valence-corrected chi connectivity index (χ0v) is 16.2. The van der Waals surface area contributed by atoms with Gasteiger partial charge >= 0.3 is 0 Å². The van der Waals surface area contributed by atoms with Crippen LogP contribution >= 0.6 is 0 Å². The van der Waals surface area contributed by atoms with E-state index in [0.717, 1.165) is 30.0 Å². The lowest BCUT2D eigenvalue weighted by atomic mass is 9.84. The molecule has 27 heavy (non-hydrogen) atoms. The molecule has 1 amide bonds. The van der Waals surface area contributed by atoms with Crippen LogP contribution in [-0.2, 0) is 16.1 Å². The van der Waals surface area contributed by atoms with Crippen molar-refractivity contribution < 1.29 is 18.7 Å². The van der Waals surface area contributed by atoms with E-state index in [4.69, 9.17) is 13.9 Å². The highest BCUT2D eigenvalue weighted by atomic mass is 16.5. The van der Waals surface area contributed by atoms with Crippen LogP contribution in [0.1, 0.15) is 46.1 Å². The average Bonchev–Trinajstić information content (AvgIpc) is 2.96. The molecule has 2 aromatic heterocycles. The van der Waals surface area contributed by atoms with E-state index in [1.807, 2.05) is 49.9 Å². The number of amides is 1. The Morgan fingerprint density at radius 2 is 2.15 bits per heavy atom. The molecule has 1 atom stereocenters. The number of pyridine rings is 1. The highest BCUT2D eigenvalue weighted by Crippen LogP contribution is 2.36. The molecule has 0 aliphatic carbocycles. The van der Waals surface area contributed by atoms with Crippen LogP contribution in [0.3, 0.4) is 0 Å². The molecule has 6 nitrogen and oxygen atoms in total. The van der Waals surface area contributed by atoms with Crippen molar-refractivity contribution in [3.8, 4) is 0 Å². The molecule has 0 N–H and O–H groups in total. The van der Waals surface area contributed by atoms with Gasteiger partial charge in [0.1, 0.15) is 17.1 Å². The van der Waals surface area contributed by atoms with Gasteiger partial charge in [0.2, 0.25) is 0 Å². The first-order valence-electron chi connectivity index (χ1n) is 9.48. The Kier molecular flexibility index (Phi) is 4.78. The third-order valence-electron chi connectivity index (χ3n) is 5.38. The average molecular weight is 370 g/mol. The molecule has 144 valence electrons. The quantitative estimate of drug-likeness (QED) is 0.827. The number of hydrogen-bond acceptors (Lipinski definition) is 5. The summed E-state index contributed by atoms with van der Waals surface area (Å²) in [5.74, 6) is 1.46. The number of ether oxygens (including phenoxy) is 2. The lowest BCUT2D eigenvalue weighted by Crippen LogP contribution is -2.67. The van der Waals surface area contributed by atoms with Gasteiger partial charge in [-0.25, -0.2) is 0 Å². The van der Waals surface area contributed by atoms with Gasteiger partial charge < -0.3 is 18.8 Å². The monoisotopic (exact) mass is 370 g/mol. The summed E-state index contributed by atoms with van der Waals surface area (Å²) in [5.41, 5.74) is 2.33. The number of hydrogen-bond donors (Lipinski definition) is 0. The van der Waals surface area contributed by atoms with Crippen LogP contribution in [0.2, 0.25) is 0 Å². The van der Waals surface area contributed by atoms with Crippen molar-refractivity contribution in [3.63, 3.8) is 0 Å². The fourth-order valence-electron chi connectivity index (χ4n) is 4.04. The summed E-state index contributed by atoms with van der Waals surface area (Å²) in [6, 6.07) is 7.78. The number of aromatic nitrogens is 1. The second kappa shape index (κ2) is 7.09.